The van der Waals surface area contributed by atoms with Crippen LogP contribution in [0.5, 0.6) is 5.75 Å². The Balaban J connectivity index is 1.92. The molecule has 0 fully saturated rings. The minimum Gasteiger partial charge on any atom is -0.495 e. The second-order valence-corrected chi connectivity index (χ2v) is 10.3. The summed E-state index contributed by atoms with van der Waals surface area (Å²) in [5, 5.41) is 3.18. The summed E-state index contributed by atoms with van der Waals surface area (Å²) in [4.78, 5) is 13.0. The lowest BCUT2D eigenvalue weighted by Crippen LogP contribution is -2.37. The summed E-state index contributed by atoms with van der Waals surface area (Å²) in [7, 11) is -2.48. The number of benzene rings is 3. The second-order valence-electron chi connectivity index (χ2n) is 7.07. The van der Waals surface area contributed by atoms with E-state index in [1.807, 2.05) is 13.0 Å². The maximum atomic E-state index is 13.4. The van der Waals surface area contributed by atoms with E-state index in [9.17, 15) is 13.2 Å². The molecular formula is C23H22BrClN2O4S. The number of methoxy groups -OCH3 is 1. The zero-order chi connectivity index (χ0) is 23.3. The van der Waals surface area contributed by atoms with Crippen LogP contribution in [0.4, 0.5) is 5.69 Å². The molecule has 0 aliphatic heterocycles. The van der Waals surface area contributed by atoms with E-state index in [0.29, 0.717) is 22.0 Å². The highest BCUT2D eigenvalue weighted by molar-refractivity contribution is 9.10. The van der Waals surface area contributed by atoms with Crippen molar-refractivity contribution in [3.63, 3.8) is 0 Å². The zero-order valence-corrected chi connectivity index (χ0v) is 20.7. The first-order chi connectivity index (χ1) is 15.2. The van der Waals surface area contributed by atoms with E-state index in [0.717, 1.165) is 14.3 Å². The quantitative estimate of drug-likeness (QED) is 0.426. The number of halogens is 2. The zero-order valence-electron chi connectivity index (χ0n) is 17.5. The molecule has 3 aromatic carbocycles. The first kappa shape index (κ1) is 24.3. The third kappa shape index (κ3) is 5.89. The predicted molar refractivity (Wildman–Crippen MR) is 130 cm³/mol. The van der Waals surface area contributed by atoms with Gasteiger partial charge in [-0.25, -0.2) is 8.42 Å². The minimum atomic E-state index is -3.98. The Kier molecular flexibility index (Phi) is 7.95. The van der Waals surface area contributed by atoms with Crippen molar-refractivity contribution in [1.82, 2.24) is 4.31 Å². The van der Waals surface area contributed by atoms with Crippen molar-refractivity contribution in [3.8, 4) is 5.75 Å². The van der Waals surface area contributed by atoms with Crippen LogP contribution in [0.2, 0.25) is 5.02 Å². The fraction of sp³-hybridized carbons (Fsp3) is 0.174. The lowest BCUT2D eigenvalue weighted by molar-refractivity contribution is -0.116. The van der Waals surface area contributed by atoms with Crippen LogP contribution in [0.3, 0.4) is 0 Å². The molecule has 0 aromatic heterocycles. The molecule has 0 saturated carbocycles. The highest BCUT2D eigenvalue weighted by Gasteiger charge is 2.28. The van der Waals surface area contributed by atoms with Gasteiger partial charge < -0.3 is 10.1 Å². The van der Waals surface area contributed by atoms with Gasteiger partial charge in [-0.15, -0.1) is 0 Å². The smallest absolute Gasteiger partial charge is 0.243 e. The average Bonchev–Trinajstić information content (AvgIpc) is 2.75. The van der Waals surface area contributed by atoms with Crippen molar-refractivity contribution in [1.29, 1.82) is 0 Å². The van der Waals surface area contributed by atoms with Crippen LogP contribution in [0, 0.1) is 6.92 Å². The fourth-order valence-corrected chi connectivity index (χ4v) is 4.90. The third-order valence-corrected chi connectivity index (χ3v) is 7.41. The van der Waals surface area contributed by atoms with Gasteiger partial charge in [-0.2, -0.15) is 4.31 Å². The number of amides is 1. The van der Waals surface area contributed by atoms with Crippen molar-refractivity contribution >= 4 is 49.1 Å². The highest BCUT2D eigenvalue weighted by atomic mass is 79.9. The Labute approximate surface area is 201 Å². The van der Waals surface area contributed by atoms with Crippen molar-refractivity contribution in [2.75, 3.05) is 19.0 Å². The second kappa shape index (κ2) is 10.5. The maximum absolute atomic E-state index is 13.4. The van der Waals surface area contributed by atoms with Gasteiger partial charge in [-0.05, 0) is 60.5 Å². The number of hydrogen-bond acceptors (Lipinski definition) is 4. The Morgan fingerprint density at radius 1 is 1.09 bits per heavy atom. The summed E-state index contributed by atoms with van der Waals surface area (Å²) in [6.45, 7) is 1.42. The predicted octanol–water partition coefficient (Wildman–Crippen LogP) is 5.25. The summed E-state index contributed by atoms with van der Waals surface area (Å²) >= 11 is 9.57. The molecule has 0 unspecified atom stereocenters. The van der Waals surface area contributed by atoms with Crippen LogP contribution >= 0.6 is 27.5 Å². The molecule has 9 heteroatoms. The van der Waals surface area contributed by atoms with Crippen molar-refractivity contribution < 1.29 is 17.9 Å². The average molecular weight is 538 g/mol. The summed E-state index contributed by atoms with van der Waals surface area (Å²) < 4.78 is 33.9. The van der Waals surface area contributed by atoms with Gasteiger partial charge in [0.2, 0.25) is 15.9 Å². The molecule has 1 amide bonds. The molecule has 0 radical (unpaired) electrons. The van der Waals surface area contributed by atoms with E-state index in [1.165, 1.54) is 19.2 Å². The summed E-state index contributed by atoms with van der Waals surface area (Å²) in [6, 6.07) is 18.5. The number of carbonyl (C=O) groups is 1. The van der Waals surface area contributed by atoms with Gasteiger partial charge >= 0.3 is 0 Å². The molecule has 0 spiro atoms. The van der Waals surface area contributed by atoms with Crippen LogP contribution in [0.1, 0.15) is 11.1 Å². The number of hydrogen-bond donors (Lipinski definition) is 1. The number of nitrogens with one attached hydrogen (secondary N) is 1. The van der Waals surface area contributed by atoms with Gasteiger partial charge in [-0.3, -0.25) is 4.79 Å². The summed E-state index contributed by atoms with van der Waals surface area (Å²) in [5.74, 6) is -0.0148. The molecule has 0 aliphatic rings. The molecule has 0 aliphatic carbocycles. The SMILES string of the molecule is COc1ccc(C)cc1NC(=O)CN(Cc1ccccc1Cl)S(=O)(=O)c1ccc(Br)cc1. The molecule has 168 valence electrons. The minimum absolute atomic E-state index is 0.0591. The highest BCUT2D eigenvalue weighted by Crippen LogP contribution is 2.27. The lowest BCUT2D eigenvalue weighted by Gasteiger charge is -2.23. The topological polar surface area (TPSA) is 75.7 Å². The number of aryl methyl sites for hydroxylation is 1. The van der Waals surface area contributed by atoms with E-state index >= 15 is 0 Å². The van der Waals surface area contributed by atoms with E-state index in [1.54, 1.807) is 48.5 Å². The Hall–Kier alpha value is -2.39. The molecular weight excluding hydrogens is 516 g/mol. The van der Waals surface area contributed by atoms with Crippen LogP contribution in [0.25, 0.3) is 0 Å². The molecule has 6 nitrogen and oxygen atoms in total. The van der Waals surface area contributed by atoms with Gasteiger partial charge in [0.1, 0.15) is 5.75 Å². The molecule has 0 saturated heterocycles. The molecule has 32 heavy (non-hydrogen) atoms. The van der Waals surface area contributed by atoms with Crippen LogP contribution in [-0.4, -0.2) is 32.3 Å². The fourth-order valence-electron chi connectivity index (χ4n) is 3.07. The molecule has 1 N–H and O–H groups in total. The van der Waals surface area contributed by atoms with E-state index in [4.69, 9.17) is 16.3 Å². The van der Waals surface area contributed by atoms with E-state index in [-0.39, 0.29) is 11.4 Å². The number of carbonyl (C=O) groups excluding carboxylic acids is 1. The van der Waals surface area contributed by atoms with Gasteiger partial charge in [0.05, 0.1) is 24.2 Å². The van der Waals surface area contributed by atoms with Crippen molar-refractivity contribution in [2.24, 2.45) is 0 Å². The van der Waals surface area contributed by atoms with Gasteiger partial charge in [0.25, 0.3) is 0 Å². The normalized spacial score (nSPS) is 11.4. The van der Waals surface area contributed by atoms with E-state index < -0.39 is 22.5 Å². The number of sulfonamides is 1. The molecule has 3 rings (SSSR count). The maximum Gasteiger partial charge on any atom is 0.243 e. The monoisotopic (exact) mass is 536 g/mol. The Morgan fingerprint density at radius 3 is 2.44 bits per heavy atom. The van der Waals surface area contributed by atoms with Gasteiger partial charge in [0.15, 0.2) is 0 Å². The standard InChI is InChI=1S/C23H22BrClN2O4S/c1-16-7-12-22(31-2)21(13-16)26-23(28)15-27(14-17-5-3-4-6-20(17)25)32(29,30)19-10-8-18(24)9-11-19/h3-13H,14-15H2,1-2H3,(H,26,28). The van der Waals surface area contributed by atoms with Gasteiger partial charge in [0, 0.05) is 16.0 Å². The first-order valence-corrected chi connectivity index (χ1v) is 12.3. The third-order valence-electron chi connectivity index (χ3n) is 4.70. The van der Waals surface area contributed by atoms with Crippen LogP contribution in [-0.2, 0) is 21.4 Å². The largest absolute Gasteiger partial charge is 0.495 e. The van der Waals surface area contributed by atoms with Crippen molar-refractivity contribution in [3.05, 3.63) is 87.4 Å². The Bertz CT molecular complexity index is 1220. The molecule has 0 bridgehead atoms. The number of anilines is 1. The summed E-state index contributed by atoms with van der Waals surface area (Å²) in [5.41, 5.74) is 1.99. The van der Waals surface area contributed by atoms with Crippen LogP contribution in [0.15, 0.2) is 76.1 Å². The number of rotatable bonds is 8. The van der Waals surface area contributed by atoms with E-state index in [2.05, 4.69) is 21.2 Å². The summed E-state index contributed by atoms with van der Waals surface area (Å²) in [6.07, 6.45) is 0. The van der Waals surface area contributed by atoms with Gasteiger partial charge in [-0.1, -0.05) is 51.8 Å². The van der Waals surface area contributed by atoms with Crippen molar-refractivity contribution in [2.45, 2.75) is 18.4 Å². The number of ether oxygens (including phenoxy) is 1. The molecule has 0 atom stereocenters. The number of nitrogens with zero attached hydrogens (tertiary/aromatic N) is 1. The molecule has 0 heterocycles. The lowest BCUT2D eigenvalue weighted by atomic mass is 10.2. The Morgan fingerprint density at radius 2 is 1.78 bits per heavy atom. The first-order valence-electron chi connectivity index (χ1n) is 9.64. The molecule has 3 aromatic rings. The van der Waals surface area contributed by atoms with Crippen LogP contribution < -0.4 is 10.1 Å².